The third kappa shape index (κ3) is 3.29. The van der Waals surface area contributed by atoms with Crippen LogP contribution in [0.15, 0.2) is 23.1 Å². The van der Waals surface area contributed by atoms with Crippen molar-refractivity contribution in [3.05, 3.63) is 39.5 Å². The maximum absolute atomic E-state index is 12.3. The number of H-pyrrole nitrogens is 1. The van der Waals surface area contributed by atoms with E-state index >= 15 is 0 Å². The first kappa shape index (κ1) is 15.6. The highest BCUT2D eigenvalue weighted by Gasteiger charge is 2.24. The molecule has 10 heteroatoms. The number of aromatic carboxylic acids is 1. The van der Waals surface area contributed by atoms with Crippen molar-refractivity contribution in [1.29, 1.82) is 0 Å². The Morgan fingerprint density at radius 2 is 2.00 bits per heavy atom. The van der Waals surface area contributed by atoms with Crippen LogP contribution in [0.4, 0.5) is 5.82 Å². The largest absolute Gasteiger partial charge is 0.478 e. The Morgan fingerprint density at radius 1 is 1.33 bits per heavy atom. The lowest BCUT2D eigenvalue weighted by molar-refractivity contribution is 0.0697. The summed E-state index contributed by atoms with van der Waals surface area (Å²) in [5.41, 5.74) is 0.249. The first-order valence-electron chi connectivity index (χ1n) is 5.48. The maximum atomic E-state index is 12.3. The smallest absolute Gasteiger partial charge is 0.337 e. The van der Waals surface area contributed by atoms with Gasteiger partial charge in [0.1, 0.15) is 4.90 Å². The van der Waals surface area contributed by atoms with Crippen molar-refractivity contribution in [2.45, 2.75) is 11.8 Å². The van der Waals surface area contributed by atoms with Crippen LogP contribution in [-0.2, 0) is 10.0 Å². The lowest BCUT2D eigenvalue weighted by atomic mass is 10.2. The number of sulfonamides is 1. The molecule has 7 nitrogen and oxygen atoms in total. The van der Waals surface area contributed by atoms with E-state index < -0.39 is 31.5 Å². The number of benzene rings is 1. The van der Waals surface area contributed by atoms with E-state index in [1.807, 2.05) is 0 Å². The number of rotatable bonds is 4. The summed E-state index contributed by atoms with van der Waals surface area (Å²) in [6.07, 6.45) is 0. The van der Waals surface area contributed by atoms with E-state index in [1.54, 1.807) is 6.92 Å². The Hall–Kier alpha value is -1.77. The summed E-state index contributed by atoms with van der Waals surface area (Å²) in [6, 6.07) is 3.61. The molecule has 0 atom stereocenters. The van der Waals surface area contributed by atoms with Gasteiger partial charge >= 0.3 is 5.97 Å². The highest BCUT2D eigenvalue weighted by molar-refractivity contribution is 7.92. The molecule has 0 spiro atoms. The predicted octanol–water partition coefficient (Wildman–Crippen LogP) is 2.52. The van der Waals surface area contributed by atoms with Crippen LogP contribution in [0.2, 0.25) is 10.0 Å². The Kier molecular flexibility index (Phi) is 4.13. The number of aromatic amines is 1. The monoisotopic (exact) mass is 349 g/mol. The molecule has 1 aromatic carbocycles. The second-order valence-corrected chi connectivity index (χ2v) is 6.58. The number of carbonyl (C=O) groups is 1. The maximum Gasteiger partial charge on any atom is 0.337 e. The number of aromatic nitrogens is 2. The van der Waals surface area contributed by atoms with Gasteiger partial charge in [-0.2, -0.15) is 5.10 Å². The number of anilines is 1. The molecule has 0 aliphatic rings. The van der Waals surface area contributed by atoms with Crippen LogP contribution >= 0.6 is 23.2 Å². The summed E-state index contributed by atoms with van der Waals surface area (Å²) in [6.45, 7) is 1.69. The molecule has 0 fully saturated rings. The van der Waals surface area contributed by atoms with Crippen molar-refractivity contribution in [2.24, 2.45) is 0 Å². The predicted molar refractivity (Wildman–Crippen MR) is 77.6 cm³/mol. The molecular formula is C11H9Cl2N3O4S. The molecule has 0 saturated heterocycles. The molecule has 1 aromatic heterocycles. The van der Waals surface area contributed by atoms with Crippen LogP contribution < -0.4 is 4.72 Å². The lowest BCUT2D eigenvalue weighted by Gasteiger charge is -2.09. The van der Waals surface area contributed by atoms with Crippen LogP contribution in [0.5, 0.6) is 0 Å². The second-order valence-electron chi connectivity index (χ2n) is 4.11. The van der Waals surface area contributed by atoms with Gasteiger partial charge in [0.15, 0.2) is 5.82 Å². The molecule has 0 aliphatic heterocycles. The Balaban J connectivity index is 2.52. The zero-order valence-electron chi connectivity index (χ0n) is 10.5. The van der Waals surface area contributed by atoms with Gasteiger partial charge in [-0.25, -0.2) is 13.2 Å². The van der Waals surface area contributed by atoms with Crippen molar-refractivity contribution in [3.63, 3.8) is 0 Å². The lowest BCUT2D eigenvalue weighted by Crippen LogP contribution is -2.15. The number of hydrogen-bond donors (Lipinski definition) is 3. The van der Waals surface area contributed by atoms with Crippen LogP contribution in [-0.4, -0.2) is 29.7 Å². The SMILES string of the molecule is Cc1cc(NS(=O)(=O)c2cc(Cl)cc(C(=O)O)c2Cl)n[nH]1. The number of hydrogen-bond acceptors (Lipinski definition) is 4. The molecule has 21 heavy (non-hydrogen) atoms. The molecule has 112 valence electrons. The summed E-state index contributed by atoms with van der Waals surface area (Å²) in [5, 5.41) is 14.8. The fraction of sp³-hybridized carbons (Fsp3) is 0.0909. The van der Waals surface area contributed by atoms with Crippen LogP contribution in [0, 0.1) is 6.92 Å². The first-order valence-corrected chi connectivity index (χ1v) is 7.72. The Morgan fingerprint density at radius 3 is 2.52 bits per heavy atom. The Bertz CT molecular complexity index is 817. The minimum atomic E-state index is -4.12. The zero-order chi connectivity index (χ0) is 15.8. The molecule has 0 amide bonds. The molecule has 2 rings (SSSR count). The number of halogens is 2. The molecule has 0 saturated carbocycles. The highest BCUT2D eigenvalue weighted by Crippen LogP contribution is 2.30. The van der Waals surface area contributed by atoms with Gasteiger partial charge in [-0.15, -0.1) is 0 Å². The topological polar surface area (TPSA) is 112 Å². The normalized spacial score (nSPS) is 11.4. The molecule has 0 unspecified atom stereocenters. The Labute approximate surface area is 129 Å². The van der Waals surface area contributed by atoms with Gasteiger partial charge in [-0.05, 0) is 19.1 Å². The van der Waals surface area contributed by atoms with E-state index in [2.05, 4.69) is 14.9 Å². The van der Waals surface area contributed by atoms with Gasteiger partial charge in [-0.1, -0.05) is 23.2 Å². The summed E-state index contributed by atoms with van der Waals surface area (Å²) in [7, 11) is -4.12. The van der Waals surface area contributed by atoms with Crippen molar-refractivity contribution in [1.82, 2.24) is 10.2 Å². The third-order valence-electron chi connectivity index (χ3n) is 2.47. The molecule has 1 heterocycles. The van der Waals surface area contributed by atoms with Crippen LogP contribution in [0.3, 0.4) is 0 Å². The van der Waals surface area contributed by atoms with Gasteiger partial charge in [0.25, 0.3) is 10.0 Å². The van der Waals surface area contributed by atoms with E-state index in [0.29, 0.717) is 5.69 Å². The standard InChI is InChI=1S/C11H9Cl2N3O4S/c1-5-2-9(15-14-5)16-21(19,20)8-4-6(12)3-7(10(8)13)11(17)18/h2-4H,1H3,(H,17,18)(H2,14,15,16). The summed E-state index contributed by atoms with van der Waals surface area (Å²) >= 11 is 11.6. The van der Waals surface area contributed by atoms with Crippen molar-refractivity contribution < 1.29 is 18.3 Å². The van der Waals surface area contributed by atoms with Crippen molar-refractivity contribution >= 4 is 45.0 Å². The molecular weight excluding hydrogens is 341 g/mol. The molecule has 0 radical (unpaired) electrons. The van der Waals surface area contributed by atoms with Crippen molar-refractivity contribution in [3.8, 4) is 0 Å². The quantitative estimate of drug-likeness (QED) is 0.784. The molecule has 0 aliphatic carbocycles. The first-order chi connectivity index (χ1) is 9.70. The van der Waals surface area contributed by atoms with Crippen LogP contribution in [0.25, 0.3) is 0 Å². The number of aryl methyl sites for hydroxylation is 1. The second kappa shape index (κ2) is 5.55. The van der Waals surface area contributed by atoms with E-state index in [-0.39, 0.29) is 10.8 Å². The minimum Gasteiger partial charge on any atom is -0.478 e. The number of nitrogens with one attached hydrogen (secondary N) is 2. The summed E-state index contributed by atoms with van der Waals surface area (Å²) in [5.74, 6) is -1.32. The fourth-order valence-corrected chi connectivity index (χ4v) is 3.47. The molecule has 0 bridgehead atoms. The summed E-state index contributed by atoms with van der Waals surface area (Å²) < 4.78 is 26.7. The van der Waals surface area contributed by atoms with Gasteiger partial charge in [0, 0.05) is 16.8 Å². The van der Waals surface area contributed by atoms with Crippen LogP contribution in [0.1, 0.15) is 16.1 Å². The van der Waals surface area contributed by atoms with Gasteiger partial charge in [-0.3, -0.25) is 9.82 Å². The zero-order valence-corrected chi connectivity index (χ0v) is 12.8. The highest BCUT2D eigenvalue weighted by atomic mass is 35.5. The number of nitrogens with zero attached hydrogens (tertiary/aromatic N) is 1. The number of carboxylic acids is 1. The van der Waals surface area contributed by atoms with Gasteiger partial charge in [0.2, 0.25) is 0 Å². The third-order valence-corrected chi connectivity index (χ3v) is 4.59. The van der Waals surface area contributed by atoms with E-state index in [9.17, 15) is 13.2 Å². The van der Waals surface area contributed by atoms with Gasteiger partial charge in [0.05, 0.1) is 10.6 Å². The minimum absolute atomic E-state index is 0.0559. The van der Waals surface area contributed by atoms with E-state index in [4.69, 9.17) is 28.3 Å². The fourth-order valence-electron chi connectivity index (χ4n) is 1.58. The van der Waals surface area contributed by atoms with Gasteiger partial charge < -0.3 is 5.11 Å². The average molecular weight is 350 g/mol. The average Bonchev–Trinajstić information content (AvgIpc) is 2.76. The van der Waals surface area contributed by atoms with E-state index in [1.165, 1.54) is 6.07 Å². The summed E-state index contributed by atoms with van der Waals surface area (Å²) in [4.78, 5) is 10.6. The molecule has 3 N–H and O–H groups in total. The van der Waals surface area contributed by atoms with Crippen molar-refractivity contribution in [2.75, 3.05) is 4.72 Å². The van der Waals surface area contributed by atoms with E-state index in [0.717, 1.165) is 12.1 Å². The number of carboxylic acid groups (broad SMARTS) is 1. The molecule has 2 aromatic rings.